The summed E-state index contributed by atoms with van der Waals surface area (Å²) in [6, 6.07) is 6.04. The Balaban J connectivity index is 2.28. The first-order valence-electron chi connectivity index (χ1n) is 11.7. The van der Waals surface area contributed by atoms with Crippen LogP contribution in [0.4, 0.5) is 0 Å². The quantitative estimate of drug-likeness (QED) is 0.218. The molecule has 0 saturated heterocycles. The van der Waals surface area contributed by atoms with Crippen LogP contribution in [0.3, 0.4) is 0 Å². The van der Waals surface area contributed by atoms with Crippen molar-refractivity contribution in [3.05, 3.63) is 29.3 Å². The van der Waals surface area contributed by atoms with Gasteiger partial charge in [0.15, 0.2) is 0 Å². The molecule has 0 amide bonds. The summed E-state index contributed by atoms with van der Waals surface area (Å²) < 4.78 is 5.07. The highest BCUT2D eigenvalue weighted by atomic mass is 16.5. The van der Waals surface area contributed by atoms with Crippen molar-refractivity contribution in [2.24, 2.45) is 5.41 Å². The Morgan fingerprint density at radius 2 is 1.35 bits per heavy atom. The third kappa shape index (κ3) is 10.7. The van der Waals surface area contributed by atoms with Crippen LogP contribution in [-0.4, -0.2) is 28.3 Å². The zero-order chi connectivity index (χ0) is 23.3. The van der Waals surface area contributed by atoms with Crippen molar-refractivity contribution < 1.29 is 24.5 Å². The summed E-state index contributed by atoms with van der Waals surface area (Å²) in [4.78, 5) is 21.6. The van der Waals surface area contributed by atoms with Crippen LogP contribution in [0, 0.1) is 5.41 Å². The van der Waals surface area contributed by atoms with Gasteiger partial charge in [-0.25, -0.2) is 0 Å². The zero-order valence-electron chi connectivity index (χ0n) is 19.9. The Bertz CT molecular complexity index is 678. The van der Waals surface area contributed by atoms with Gasteiger partial charge in [0.2, 0.25) is 0 Å². The minimum atomic E-state index is -0.731. The minimum Gasteiger partial charge on any atom is -0.507 e. The van der Waals surface area contributed by atoms with E-state index in [1.165, 1.54) is 0 Å². The van der Waals surface area contributed by atoms with Crippen LogP contribution in [0.1, 0.15) is 103 Å². The summed E-state index contributed by atoms with van der Waals surface area (Å²) in [6.45, 7) is 7.95. The SMILES string of the molecule is CC(C)(CCCCCCc1cccc(CCCCCCC(C)(C)C(=O)O)c1O)OC=O. The Labute approximate surface area is 188 Å². The van der Waals surface area contributed by atoms with Gasteiger partial charge in [0.25, 0.3) is 6.47 Å². The lowest BCUT2D eigenvalue weighted by Crippen LogP contribution is -2.23. The van der Waals surface area contributed by atoms with E-state index in [0.717, 1.165) is 81.8 Å². The van der Waals surface area contributed by atoms with Crippen LogP contribution >= 0.6 is 0 Å². The molecular weight excluding hydrogens is 392 g/mol. The molecule has 1 rings (SSSR count). The van der Waals surface area contributed by atoms with Crippen LogP contribution < -0.4 is 0 Å². The van der Waals surface area contributed by atoms with Gasteiger partial charge in [0.05, 0.1) is 5.41 Å². The second-order valence-corrected chi connectivity index (χ2v) is 9.92. The molecule has 0 unspecified atom stereocenters. The molecule has 1 aromatic rings. The number of carboxylic acid groups (broad SMARTS) is 1. The first-order chi connectivity index (χ1) is 14.6. The molecule has 5 nitrogen and oxygen atoms in total. The molecular formula is C26H42O5. The molecule has 0 heterocycles. The molecule has 5 heteroatoms. The maximum absolute atomic E-state index is 11.1. The third-order valence-corrected chi connectivity index (χ3v) is 6.12. The number of aryl methyl sites for hydroxylation is 2. The summed E-state index contributed by atoms with van der Waals surface area (Å²) in [5, 5.41) is 19.8. The molecule has 31 heavy (non-hydrogen) atoms. The zero-order valence-corrected chi connectivity index (χ0v) is 19.9. The van der Waals surface area contributed by atoms with Crippen molar-refractivity contribution in [2.45, 2.75) is 110 Å². The lowest BCUT2D eigenvalue weighted by atomic mass is 9.87. The fraction of sp³-hybridized carbons (Fsp3) is 0.692. The fourth-order valence-corrected chi connectivity index (χ4v) is 3.80. The van der Waals surface area contributed by atoms with E-state index >= 15 is 0 Å². The number of benzene rings is 1. The molecule has 0 atom stereocenters. The number of hydrogen-bond donors (Lipinski definition) is 2. The maximum Gasteiger partial charge on any atom is 0.309 e. The Hall–Kier alpha value is -2.04. The Morgan fingerprint density at radius 3 is 1.84 bits per heavy atom. The van der Waals surface area contributed by atoms with E-state index in [-0.39, 0.29) is 5.60 Å². The lowest BCUT2D eigenvalue weighted by molar-refractivity contribution is -0.147. The van der Waals surface area contributed by atoms with Gasteiger partial charge >= 0.3 is 5.97 Å². The van der Waals surface area contributed by atoms with Gasteiger partial charge in [-0.05, 0) is 83.8 Å². The van der Waals surface area contributed by atoms with Gasteiger partial charge < -0.3 is 14.9 Å². The van der Waals surface area contributed by atoms with Crippen molar-refractivity contribution in [3.63, 3.8) is 0 Å². The number of ether oxygens (including phenoxy) is 1. The summed E-state index contributed by atoms with van der Waals surface area (Å²) in [5.74, 6) is -0.292. The average molecular weight is 435 g/mol. The van der Waals surface area contributed by atoms with E-state index in [1.807, 2.05) is 32.0 Å². The van der Waals surface area contributed by atoms with E-state index in [1.54, 1.807) is 13.8 Å². The molecule has 0 aliphatic heterocycles. The van der Waals surface area contributed by atoms with Crippen molar-refractivity contribution in [2.75, 3.05) is 0 Å². The maximum atomic E-state index is 11.1. The van der Waals surface area contributed by atoms with Crippen LogP contribution in [0.5, 0.6) is 5.75 Å². The number of phenols is 1. The molecule has 0 bridgehead atoms. The monoisotopic (exact) mass is 434 g/mol. The van der Waals surface area contributed by atoms with Crippen LogP contribution in [0.15, 0.2) is 18.2 Å². The highest BCUT2D eigenvalue weighted by Gasteiger charge is 2.25. The van der Waals surface area contributed by atoms with Gasteiger partial charge in [-0.15, -0.1) is 0 Å². The average Bonchev–Trinajstić information content (AvgIpc) is 2.69. The van der Waals surface area contributed by atoms with Crippen LogP contribution in [0.2, 0.25) is 0 Å². The summed E-state index contributed by atoms with van der Waals surface area (Å²) in [7, 11) is 0. The first kappa shape index (κ1) is 27.0. The highest BCUT2D eigenvalue weighted by Crippen LogP contribution is 2.27. The van der Waals surface area contributed by atoms with Crippen LogP contribution in [-0.2, 0) is 27.2 Å². The van der Waals surface area contributed by atoms with Crippen molar-refractivity contribution >= 4 is 12.4 Å². The molecule has 0 aliphatic rings. The third-order valence-electron chi connectivity index (χ3n) is 6.12. The number of para-hydroxylation sites is 1. The number of carbonyl (C=O) groups excluding carboxylic acids is 1. The van der Waals surface area contributed by atoms with Crippen LogP contribution in [0.25, 0.3) is 0 Å². The molecule has 0 fully saturated rings. The minimum absolute atomic E-state index is 0.388. The molecule has 0 radical (unpaired) electrons. The standard InChI is InChI=1S/C26H42O5/c1-25(2,24(29)30)18-11-7-5-9-14-21-16-13-17-22(23(21)28)15-10-6-8-12-19-26(3,4)31-20-27/h13,16-17,20,28H,5-12,14-15,18-19H2,1-4H3,(H,29,30). The highest BCUT2D eigenvalue weighted by molar-refractivity contribution is 5.73. The lowest BCUT2D eigenvalue weighted by Gasteiger charge is -2.22. The van der Waals surface area contributed by atoms with E-state index < -0.39 is 11.4 Å². The van der Waals surface area contributed by atoms with Crippen molar-refractivity contribution in [1.82, 2.24) is 0 Å². The molecule has 0 saturated carbocycles. The first-order valence-corrected chi connectivity index (χ1v) is 11.7. The normalized spacial score (nSPS) is 12.0. The summed E-state index contributed by atoms with van der Waals surface area (Å²) in [5.41, 5.74) is 0.994. The number of carbonyl (C=O) groups is 2. The van der Waals surface area contributed by atoms with E-state index in [9.17, 15) is 14.7 Å². The number of hydrogen-bond acceptors (Lipinski definition) is 4. The Morgan fingerprint density at radius 1 is 0.871 bits per heavy atom. The summed E-state index contributed by atoms with van der Waals surface area (Å²) in [6.07, 6.45) is 11.5. The molecule has 0 aromatic heterocycles. The molecule has 176 valence electrons. The fourth-order valence-electron chi connectivity index (χ4n) is 3.80. The topological polar surface area (TPSA) is 83.8 Å². The molecule has 1 aromatic carbocycles. The van der Waals surface area contributed by atoms with Gasteiger partial charge in [0.1, 0.15) is 11.4 Å². The predicted octanol–water partition coefficient (Wildman–Crippen LogP) is 6.44. The predicted molar refractivity (Wildman–Crippen MR) is 124 cm³/mol. The van der Waals surface area contributed by atoms with Gasteiger partial charge in [0, 0.05) is 0 Å². The number of phenolic OH excluding ortho intramolecular Hbond substituents is 1. The molecule has 0 aliphatic carbocycles. The Kier molecular flexibility index (Phi) is 11.7. The van der Waals surface area contributed by atoms with E-state index in [0.29, 0.717) is 18.6 Å². The molecule has 2 N–H and O–H groups in total. The number of aromatic hydroxyl groups is 1. The summed E-state index contributed by atoms with van der Waals surface area (Å²) >= 11 is 0. The second kappa shape index (κ2) is 13.4. The van der Waals surface area contributed by atoms with E-state index in [2.05, 4.69) is 0 Å². The largest absolute Gasteiger partial charge is 0.507 e. The van der Waals surface area contributed by atoms with E-state index in [4.69, 9.17) is 9.84 Å². The van der Waals surface area contributed by atoms with Crippen molar-refractivity contribution in [1.29, 1.82) is 0 Å². The smallest absolute Gasteiger partial charge is 0.309 e. The van der Waals surface area contributed by atoms with Crippen molar-refractivity contribution in [3.8, 4) is 5.75 Å². The van der Waals surface area contributed by atoms with Gasteiger partial charge in [-0.3, -0.25) is 9.59 Å². The number of rotatable bonds is 17. The number of aliphatic carboxylic acids is 1. The second-order valence-electron chi connectivity index (χ2n) is 9.92. The van der Waals surface area contributed by atoms with Gasteiger partial charge in [-0.1, -0.05) is 50.3 Å². The number of unbranched alkanes of at least 4 members (excludes halogenated alkanes) is 6. The molecule has 0 spiro atoms. The van der Waals surface area contributed by atoms with Gasteiger partial charge in [-0.2, -0.15) is 0 Å². The number of carboxylic acids is 1.